The van der Waals surface area contributed by atoms with Crippen LogP contribution in [0.5, 0.6) is 0 Å². The number of halogens is 3. The highest BCUT2D eigenvalue weighted by atomic mass is 79.9. The van der Waals surface area contributed by atoms with E-state index in [0.717, 1.165) is 0 Å². The Bertz CT molecular complexity index is 734. The lowest BCUT2D eigenvalue weighted by Crippen LogP contribution is -2.13. The highest BCUT2D eigenvalue weighted by Gasteiger charge is 2.12. The van der Waals surface area contributed by atoms with Crippen molar-refractivity contribution in [2.75, 3.05) is 5.32 Å². The van der Waals surface area contributed by atoms with E-state index in [-0.39, 0.29) is 10.6 Å². The molecule has 0 atom stereocenters. The second-order valence-corrected chi connectivity index (χ2v) is 5.75. The third-order valence-electron chi connectivity index (χ3n) is 2.64. The van der Waals surface area contributed by atoms with E-state index in [2.05, 4.69) is 21.2 Å². The number of rotatable bonds is 3. The molecule has 2 rings (SSSR count). The second-order valence-electron chi connectivity index (χ2n) is 4.08. The fourth-order valence-corrected chi connectivity index (χ4v) is 2.23. The van der Waals surface area contributed by atoms with Crippen molar-refractivity contribution in [2.24, 2.45) is 0 Å². The second kappa shape index (κ2) is 6.47. The quantitative estimate of drug-likeness (QED) is 0.800. The van der Waals surface area contributed by atoms with Gasteiger partial charge in [0.15, 0.2) is 0 Å². The summed E-state index contributed by atoms with van der Waals surface area (Å²) in [7, 11) is 0. The number of carbonyl (C=O) groups excluding carboxylic acids is 1. The van der Waals surface area contributed by atoms with Gasteiger partial charge in [-0.05, 0) is 52.3 Å². The van der Waals surface area contributed by atoms with Crippen LogP contribution >= 0.6 is 39.1 Å². The number of benzene rings is 2. The van der Waals surface area contributed by atoms with E-state index in [1.165, 1.54) is 30.3 Å². The maximum Gasteiger partial charge on any atom is 0.335 e. The van der Waals surface area contributed by atoms with Crippen LogP contribution in [0.3, 0.4) is 0 Å². The molecule has 2 aromatic carbocycles. The zero-order chi connectivity index (χ0) is 15.6. The monoisotopic (exact) mass is 387 g/mol. The normalized spacial score (nSPS) is 10.2. The molecule has 0 heterocycles. The topological polar surface area (TPSA) is 66.4 Å². The summed E-state index contributed by atoms with van der Waals surface area (Å²) in [4.78, 5) is 23.1. The third-order valence-corrected chi connectivity index (χ3v) is 4.07. The van der Waals surface area contributed by atoms with Gasteiger partial charge in [0.1, 0.15) is 0 Å². The van der Waals surface area contributed by atoms with Gasteiger partial charge >= 0.3 is 5.97 Å². The molecule has 21 heavy (non-hydrogen) atoms. The van der Waals surface area contributed by atoms with Crippen molar-refractivity contribution in [3.63, 3.8) is 0 Å². The fourth-order valence-electron chi connectivity index (χ4n) is 1.59. The zero-order valence-electron chi connectivity index (χ0n) is 10.4. The minimum absolute atomic E-state index is 0.0719. The van der Waals surface area contributed by atoms with Crippen molar-refractivity contribution in [3.05, 3.63) is 62.0 Å². The molecule has 0 aliphatic rings. The molecule has 0 unspecified atom stereocenters. The summed E-state index contributed by atoms with van der Waals surface area (Å²) < 4.78 is 0.570. The molecule has 2 aromatic rings. The molecule has 0 spiro atoms. The largest absolute Gasteiger partial charge is 0.478 e. The molecule has 7 heteroatoms. The van der Waals surface area contributed by atoms with Crippen LogP contribution < -0.4 is 5.32 Å². The summed E-state index contributed by atoms with van der Waals surface area (Å²) in [6, 6.07) is 8.82. The maximum atomic E-state index is 12.1. The molecule has 0 saturated heterocycles. The van der Waals surface area contributed by atoms with Gasteiger partial charge in [0, 0.05) is 10.0 Å². The summed E-state index contributed by atoms with van der Waals surface area (Å²) in [5, 5.41) is 12.2. The number of carboxylic acid groups (broad SMARTS) is 1. The smallest absolute Gasteiger partial charge is 0.335 e. The third kappa shape index (κ3) is 3.75. The average Bonchev–Trinajstić information content (AvgIpc) is 2.43. The first kappa shape index (κ1) is 15.8. The Morgan fingerprint density at radius 3 is 2.29 bits per heavy atom. The molecule has 0 radical (unpaired) electrons. The summed E-state index contributed by atoms with van der Waals surface area (Å²) in [6.45, 7) is 0. The highest BCUT2D eigenvalue weighted by molar-refractivity contribution is 9.10. The lowest BCUT2D eigenvalue weighted by molar-refractivity contribution is 0.0696. The maximum absolute atomic E-state index is 12.1. The molecule has 0 fully saturated rings. The number of amides is 1. The molecule has 4 nitrogen and oxygen atoms in total. The van der Waals surface area contributed by atoms with Crippen LogP contribution in [0.15, 0.2) is 40.9 Å². The van der Waals surface area contributed by atoms with E-state index in [1.54, 1.807) is 6.07 Å². The predicted molar refractivity (Wildman–Crippen MR) is 85.5 cm³/mol. The van der Waals surface area contributed by atoms with Gasteiger partial charge in [-0.1, -0.05) is 23.2 Å². The van der Waals surface area contributed by atoms with Crippen molar-refractivity contribution < 1.29 is 14.7 Å². The van der Waals surface area contributed by atoms with Crippen LogP contribution in [0.4, 0.5) is 5.69 Å². The molecule has 1 amide bonds. The number of carbonyl (C=O) groups is 2. The number of carboxylic acids is 1. The zero-order valence-corrected chi connectivity index (χ0v) is 13.5. The van der Waals surface area contributed by atoms with E-state index in [9.17, 15) is 9.59 Å². The highest BCUT2D eigenvalue weighted by Crippen LogP contribution is 2.26. The predicted octanol–water partition coefficient (Wildman–Crippen LogP) is 4.71. The van der Waals surface area contributed by atoms with Crippen LogP contribution in [0.2, 0.25) is 10.0 Å². The standard InChI is InChI=1S/C14H8BrCl2NO3/c15-9-3-1-8(14(20)21)6-12(9)18-13(19)7-2-4-10(16)11(17)5-7/h1-6H,(H,18,19)(H,20,21). The van der Waals surface area contributed by atoms with Gasteiger partial charge in [-0.2, -0.15) is 0 Å². The van der Waals surface area contributed by atoms with Gasteiger partial charge in [-0.25, -0.2) is 4.79 Å². The Labute approximate surface area is 138 Å². The van der Waals surface area contributed by atoms with Crippen LogP contribution in [-0.2, 0) is 0 Å². The first-order valence-electron chi connectivity index (χ1n) is 5.67. The Balaban J connectivity index is 2.28. The van der Waals surface area contributed by atoms with Crippen LogP contribution in [0, 0.1) is 0 Å². The summed E-state index contributed by atoms with van der Waals surface area (Å²) in [6.07, 6.45) is 0. The van der Waals surface area contributed by atoms with Gasteiger partial charge in [0.2, 0.25) is 0 Å². The lowest BCUT2D eigenvalue weighted by Gasteiger charge is -2.09. The van der Waals surface area contributed by atoms with Gasteiger partial charge < -0.3 is 10.4 Å². The van der Waals surface area contributed by atoms with E-state index in [4.69, 9.17) is 28.3 Å². The van der Waals surface area contributed by atoms with E-state index in [1.807, 2.05) is 0 Å². The van der Waals surface area contributed by atoms with Crippen molar-refractivity contribution in [1.29, 1.82) is 0 Å². The van der Waals surface area contributed by atoms with Gasteiger partial charge in [0.05, 0.1) is 21.3 Å². The summed E-state index contributed by atoms with van der Waals surface area (Å²) in [5.41, 5.74) is 0.741. The molecule has 0 aliphatic heterocycles. The number of nitrogens with one attached hydrogen (secondary N) is 1. The van der Waals surface area contributed by atoms with Gasteiger partial charge in [-0.15, -0.1) is 0 Å². The lowest BCUT2D eigenvalue weighted by atomic mass is 10.1. The molecule has 108 valence electrons. The molecule has 0 bridgehead atoms. The SMILES string of the molecule is O=C(O)c1ccc(Br)c(NC(=O)c2ccc(Cl)c(Cl)c2)c1. The Morgan fingerprint density at radius 1 is 1.00 bits per heavy atom. The number of hydrogen-bond acceptors (Lipinski definition) is 2. The first-order chi connectivity index (χ1) is 9.88. The van der Waals surface area contributed by atoms with Crippen LogP contribution in [-0.4, -0.2) is 17.0 Å². The first-order valence-corrected chi connectivity index (χ1v) is 7.22. The Morgan fingerprint density at radius 2 is 1.67 bits per heavy atom. The number of hydrogen-bond donors (Lipinski definition) is 2. The van der Waals surface area contributed by atoms with E-state index < -0.39 is 11.9 Å². The van der Waals surface area contributed by atoms with Gasteiger partial charge in [0.25, 0.3) is 5.91 Å². The molecule has 0 aromatic heterocycles. The minimum Gasteiger partial charge on any atom is -0.478 e. The fraction of sp³-hybridized carbons (Fsp3) is 0. The van der Waals surface area contributed by atoms with E-state index in [0.29, 0.717) is 20.7 Å². The minimum atomic E-state index is -1.08. The summed E-state index contributed by atoms with van der Waals surface area (Å²) >= 11 is 14.9. The molecular weight excluding hydrogens is 381 g/mol. The molecule has 0 saturated carbocycles. The van der Waals surface area contributed by atoms with Crippen molar-refractivity contribution >= 4 is 56.7 Å². The molecular formula is C14H8BrCl2NO3. The molecule has 0 aliphatic carbocycles. The van der Waals surface area contributed by atoms with Crippen molar-refractivity contribution in [2.45, 2.75) is 0 Å². The van der Waals surface area contributed by atoms with Gasteiger partial charge in [-0.3, -0.25) is 4.79 Å². The average molecular weight is 389 g/mol. The van der Waals surface area contributed by atoms with Crippen molar-refractivity contribution in [1.82, 2.24) is 0 Å². The van der Waals surface area contributed by atoms with Crippen LogP contribution in [0.1, 0.15) is 20.7 Å². The Hall–Kier alpha value is -1.56. The summed E-state index contributed by atoms with van der Waals surface area (Å²) in [5.74, 6) is -1.50. The molecule has 2 N–H and O–H groups in total. The van der Waals surface area contributed by atoms with Crippen molar-refractivity contribution in [3.8, 4) is 0 Å². The number of aromatic carboxylic acids is 1. The van der Waals surface area contributed by atoms with Crippen LogP contribution in [0.25, 0.3) is 0 Å². The Kier molecular flexibility index (Phi) is 4.88. The number of anilines is 1. The van der Waals surface area contributed by atoms with E-state index >= 15 is 0 Å².